The number of nitrogens with two attached hydrogens (primary N) is 1. The molecule has 0 fully saturated rings. The van der Waals surface area contributed by atoms with Crippen molar-refractivity contribution in [3.05, 3.63) is 84.9 Å². The van der Waals surface area contributed by atoms with Crippen molar-refractivity contribution >= 4 is 38.4 Å². The zero-order chi connectivity index (χ0) is 31.0. The standard InChI is InChI=1S/C20H28N2.C8H18.C6H7N.2CH3B.2CH4/c1-3-5-10-17(9-4-2)21-19-13-15-20(16-14-19)22-18-11-7-6-8-12-18;1-3-5-7-8-6-4-2;7-6-4-2-1-3-5-6;2*1-2;;/h6-8,11-17,21-22H,3-5,9-10H2,1-2H3;3-8H2,1-2H3;1-5H,7H2;2*1H3;2*1H4. The molecule has 0 aliphatic heterocycles. The molecular weight excluding hydrogens is 520 g/mol. The highest BCUT2D eigenvalue weighted by Gasteiger charge is 2.07. The van der Waals surface area contributed by atoms with Crippen molar-refractivity contribution in [1.82, 2.24) is 0 Å². The molecule has 3 aromatic carbocycles. The highest BCUT2D eigenvalue weighted by Crippen LogP contribution is 2.20. The number of nitrogen functional groups attached to an aromatic ring is 1. The summed E-state index contributed by atoms with van der Waals surface area (Å²) in [6, 6.07) is 29.0. The van der Waals surface area contributed by atoms with Crippen LogP contribution in [-0.4, -0.2) is 21.7 Å². The van der Waals surface area contributed by atoms with Gasteiger partial charge in [0.15, 0.2) is 0 Å². The quantitative estimate of drug-likeness (QED) is 0.0999. The molecule has 0 spiro atoms. The van der Waals surface area contributed by atoms with Crippen LogP contribution in [0.15, 0.2) is 84.9 Å². The zero-order valence-electron chi connectivity index (χ0n) is 27.2. The third-order valence-electron chi connectivity index (χ3n) is 6.12. The summed E-state index contributed by atoms with van der Waals surface area (Å²) in [5.74, 6) is 0. The molecular formula is C38H67B2N3. The Morgan fingerprint density at radius 2 is 0.930 bits per heavy atom. The minimum atomic E-state index is 0. The fraction of sp³-hybridized carbons (Fsp3) is 0.526. The van der Waals surface area contributed by atoms with Gasteiger partial charge in [-0.2, -0.15) is 0 Å². The summed E-state index contributed by atoms with van der Waals surface area (Å²) in [5, 5.41) is 7.09. The van der Waals surface area contributed by atoms with Crippen molar-refractivity contribution in [1.29, 1.82) is 0 Å². The summed E-state index contributed by atoms with van der Waals surface area (Å²) in [6.07, 6.45) is 14.8. The first-order chi connectivity index (χ1) is 20.1. The smallest absolute Gasteiger partial charge is 0.0606 e. The second-order valence-corrected chi connectivity index (χ2v) is 9.67. The van der Waals surface area contributed by atoms with E-state index in [0.717, 1.165) is 17.1 Å². The number of hydrogen-bond acceptors (Lipinski definition) is 3. The van der Waals surface area contributed by atoms with Gasteiger partial charge in [-0.05, 0) is 61.4 Å². The van der Waals surface area contributed by atoms with Crippen LogP contribution in [0.3, 0.4) is 0 Å². The predicted octanol–water partition coefficient (Wildman–Crippen LogP) is 12.5. The Hall–Kier alpha value is -2.81. The molecule has 4 radical (unpaired) electrons. The highest BCUT2D eigenvalue weighted by atomic mass is 14.9. The SMILES string of the molecule is C.C.CCCCC(CCC)Nc1ccc(Nc2ccccc2)cc1.CCCCCCCC.Nc1ccccc1.[B]C.[B]C. The van der Waals surface area contributed by atoms with Gasteiger partial charge in [0.05, 0.1) is 15.7 Å². The van der Waals surface area contributed by atoms with Crippen LogP contribution in [0.5, 0.6) is 0 Å². The number of unbranched alkanes of at least 4 members (excludes halogenated alkanes) is 6. The van der Waals surface area contributed by atoms with Gasteiger partial charge in [-0.1, -0.05) is 150 Å². The number of rotatable bonds is 14. The van der Waals surface area contributed by atoms with Crippen molar-refractivity contribution in [3.63, 3.8) is 0 Å². The molecule has 0 bridgehead atoms. The molecule has 1 atom stereocenters. The van der Waals surface area contributed by atoms with Gasteiger partial charge in [0.25, 0.3) is 0 Å². The summed E-state index contributed by atoms with van der Waals surface area (Å²) < 4.78 is 0. The van der Waals surface area contributed by atoms with Gasteiger partial charge in [0, 0.05) is 28.8 Å². The van der Waals surface area contributed by atoms with Gasteiger partial charge in [-0.3, -0.25) is 0 Å². The summed E-state index contributed by atoms with van der Waals surface area (Å²) in [7, 11) is 9.00. The lowest BCUT2D eigenvalue weighted by Crippen LogP contribution is -2.19. The first-order valence-corrected chi connectivity index (χ1v) is 15.8. The molecule has 0 saturated heterocycles. The first-order valence-electron chi connectivity index (χ1n) is 15.8. The maximum Gasteiger partial charge on any atom is 0.0606 e. The molecule has 43 heavy (non-hydrogen) atoms. The number of nitrogens with one attached hydrogen (secondary N) is 2. The van der Waals surface area contributed by atoms with E-state index in [1.165, 1.54) is 90.0 Å². The van der Waals surface area contributed by atoms with Crippen LogP contribution in [0.25, 0.3) is 0 Å². The van der Waals surface area contributed by atoms with Crippen LogP contribution >= 0.6 is 0 Å². The highest BCUT2D eigenvalue weighted by molar-refractivity contribution is 6.05. The second kappa shape index (κ2) is 37.2. The molecule has 0 heterocycles. The van der Waals surface area contributed by atoms with Crippen LogP contribution in [0.1, 0.15) is 113 Å². The first kappa shape index (κ1) is 47.1. The van der Waals surface area contributed by atoms with Crippen molar-refractivity contribution in [2.24, 2.45) is 0 Å². The number of benzene rings is 3. The molecule has 0 aromatic heterocycles. The molecule has 1 unspecified atom stereocenters. The molecule has 0 aliphatic carbocycles. The molecule has 5 heteroatoms. The largest absolute Gasteiger partial charge is 0.399 e. The molecule has 3 nitrogen and oxygen atoms in total. The van der Waals surface area contributed by atoms with Crippen molar-refractivity contribution < 1.29 is 0 Å². The van der Waals surface area contributed by atoms with E-state index in [1.807, 2.05) is 48.5 Å². The van der Waals surface area contributed by atoms with Crippen LogP contribution < -0.4 is 16.4 Å². The van der Waals surface area contributed by atoms with Crippen LogP contribution in [0.4, 0.5) is 22.7 Å². The minimum Gasteiger partial charge on any atom is -0.399 e. The minimum absolute atomic E-state index is 0. The second-order valence-electron chi connectivity index (χ2n) is 9.67. The number of hydrogen-bond donors (Lipinski definition) is 3. The van der Waals surface area contributed by atoms with Gasteiger partial charge in [-0.25, -0.2) is 0 Å². The fourth-order valence-corrected chi connectivity index (χ4v) is 3.97. The summed E-state index contributed by atoms with van der Waals surface area (Å²) in [4.78, 5) is 0. The summed E-state index contributed by atoms with van der Waals surface area (Å²) >= 11 is 0. The Kier molecular flexibility index (Phi) is 40.8. The van der Waals surface area contributed by atoms with Crippen molar-refractivity contribution in [3.8, 4) is 0 Å². The van der Waals surface area contributed by atoms with Crippen LogP contribution in [0.2, 0.25) is 13.6 Å². The van der Waals surface area contributed by atoms with E-state index in [0.29, 0.717) is 6.04 Å². The van der Waals surface area contributed by atoms with E-state index in [9.17, 15) is 0 Å². The van der Waals surface area contributed by atoms with Crippen molar-refractivity contribution in [2.45, 2.75) is 133 Å². The Morgan fingerprint density at radius 3 is 1.33 bits per heavy atom. The summed E-state index contributed by atoms with van der Waals surface area (Å²) in [6.45, 7) is 12.0. The van der Waals surface area contributed by atoms with E-state index in [4.69, 9.17) is 5.73 Å². The molecule has 0 amide bonds. The Morgan fingerprint density at radius 1 is 0.512 bits per heavy atom. The maximum atomic E-state index is 5.36. The predicted molar refractivity (Wildman–Crippen MR) is 205 cm³/mol. The van der Waals surface area contributed by atoms with Crippen LogP contribution in [0, 0.1) is 0 Å². The topological polar surface area (TPSA) is 50.1 Å². The molecule has 3 aromatic rings. The monoisotopic (exact) mass is 588 g/mol. The molecule has 0 aliphatic rings. The Balaban J connectivity index is -0.000000300. The lowest BCUT2D eigenvalue weighted by atomic mass is 10.0. The van der Waals surface area contributed by atoms with Gasteiger partial charge in [0.2, 0.25) is 0 Å². The average Bonchev–Trinajstić information content (AvgIpc) is 3.03. The fourth-order valence-electron chi connectivity index (χ4n) is 3.97. The van der Waals surface area contributed by atoms with Gasteiger partial charge < -0.3 is 16.4 Å². The normalized spacial score (nSPS) is 9.53. The number of anilines is 4. The van der Waals surface area contributed by atoms with E-state index in [1.54, 1.807) is 0 Å². The summed E-state index contributed by atoms with van der Waals surface area (Å²) in [5.41, 5.74) is 9.64. The molecule has 240 valence electrons. The lowest BCUT2D eigenvalue weighted by Gasteiger charge is -2.19. The third-order valence-corrected chi connectivity index (χ3v) is 6.12. The Labute approximate surface area is 272 Å². The van der Waals surface area contributed by atoms with Gasteiger partial charge in [-0.15, -0.1) is 0 Å². The van der Waals surface area contributed by atoms with Crippen molar-refractivity contribution in [2.75, 3.05) is 16.4 Å². The molecule has 4 N–H and O–H groups in total. The number of para-hydroxylation sites is 2. The Bertz CT molecular complexity index is 869. The van der Waals surface area contributed by atoms with E-state index >= 15 is 0 Å². The van der Waals surface area contributed by atoms with Gasteiger partial charge in [0.1, 0.15) is 0 Å². The maximum absolute atomic E-state index is 5.36. The molecule has 3 rings (SSSR count). The zero-order valence-corrected chi connectivity index (χ0v) is 27.2. The lowest BCUT2D eigenvalue weighted by molar-refractivity contribution is 0.564. The van der Waals surface area contributed by atoms with E-state index < -0.39 is 0 Å². The van der Waals surface area contributed by atoms with E-state index in [2.05, 4.69) is 90.4 Å². The van der Waals surface area contributed by atoms with E-state index in [-0.39, 0.29) is 14.9 Å². The third kappa shape index (κ3) is 29.1. The van der Waals surface area contributed by atoms with Gasteiger partial charge >= 0.3 is 0 Å². The van der Waals surface area contributed by atoms with Crippen LogP contribution in [-0.2, 0) is 0 Å². The molecule has 0 saturated carbocycles. The average molecular weight is 588 g/mol.